The predicted molar refractivity (Wildman–Crippen MR) is 45.1 cm³/mol. The summed E-state index contributed by atoms with van der Waals surface area (Å²) in [5, 5.41) is 3.57. The number of hydrogen-bond donors (Lipinski definition) is 1. The van der Waals surface area contributed by atoms with E-state index in [0.717, 1.165) is 12.0 Å². The van der Waals surface area contributed by atoms with Crippen molar-refractivity contribution >= 4 is 0 Å². The van der Waals surface area contributed by atoms with Gasteiger partial charge in [0.2, 0.25) is 0 Å². The molecule has 1 heterocycles. The van der Waals surface area contributed by atoms with Crippen molar-refractivity contribution in [1.29, 1.82) is 0 Å². The molecule has 1 fully saturated rings. The fourth-order valence-corrected chi connectivity index (χ4v) is 1.65. The maximum absolute atomic E-state index is 3.57. The first-order chi connectivity index (χ1) is 4.84. The van der Waals surface area contributed by atoms with E-state index in [1.54, 1.807) is 0 Å². The van der Waals surface area contributed by atoms with E-state index < -0.39 is 0 Å². The van der Waals surface area contributed by atoms with Crippen molar-refractivity contribution in [3.8, 4) is 0 Å². The smallest absolute Gasteiger partial charge is 0.00925 e. The zero-order valence-corrected chi connectivity index (χ0v) is 7.19. The molecule has 0 radical (unpaired) electrons. The second kappa shape index (κ2) is 3.97. The van der Waals surface area contributed by atoms with Crippen LogP contribution in [0.3, 0.4) is 0 Å². The first-order valence-corrected chi connectivity index (χ1v) is 4.58. The molecule has 1 aliphatic rings. The number of nitrogens with one attached hydrogen (secondary N) is 1. The fourth-order valence-electron chi connectivity index (χ4n) is 1.65. The summed E-state index contributed by atoms with van der Waals surface area (Å²) < 4.78 is 0. The van der Waals surface area contributed by atoms with Crippen LogP contribution in [0, 0.1) is 5.92 Å². The summed E-state index contributed by atoms with van der Waals surface area (Å²) in [7, 11) is 0. The minimum atomic E-state index is 0.818. The van der Waals surface area contributed by atoms with E-state index in [9.17, 15) is 0 Å². The molecule has 1 nitrogen and oxygen atoms in total. The normalized spacial score (nSPS) is 30.0. The highest BCUT2D eigenvalue weighted by molar-refractivity contribution is 4.76. The molecule has 1 unspecified atom stereocenters. The summed E-state index contributed by atoms with van der Waals surface area (Å²) in [6.07, 6.45) is 5.53. The van der Waals surface area contributed by atoms with Crippen molar-refractivity contribution in [2.75, 3.05) is 6.54 Å². The first kappa shape index (κ1) is 8.06. The molecule has 1 aliphatic heterocycles. The van der Waals surface area contributed by atoms with Gasteiger partial charge in [-0.15, -0.1) is 0 Å². The summed E-state index contributed by atoms with van der Waals surface area (Å²) in [4.78, 5) is 0. The average molecular weight is 141 g/mol. The minimum Gasteiger partial charge on any atom is -0.314 e. The van der Waals surface area contributed by atoms with E-state index in [1.807, 2.05) is 0 Å². The fraction of sp³-hybridized carbons (Fsp3) is 1.00. The number of rotatable bonds is 2. The zero-order chi connectivity index (χ0) is 7.40. The first-order valence-electron chi connectivity index (χ1n) is 4.58. The molecular formula is C9H19N. The average Bonchev–Trinajstić information content (AvgIpc) is 2.05. The highest BCUT2D eigenvalue weighted by Gasteiger charge is 2.16. The largest absolute Gasteiger partial charge is 0.314 e. The van der Waals surface area contributed by atoms with Gasteiger partial charge in [0.1, 0.15) is 0 Å². The van der Waals surface area contributed by atoms with Gasteiger partial charge in [0.25, 0.3) is 0 Å². The van der Waals surface area contributed by atoms with Gasteiger partial charge < -0.3 is 5.32 Å². The van der Waals surface area contributed by atoms with Gasteiger partial charge in [-0.1, -0.05) is 26.7 Å². The van der Waals surface area contributed by atoms with Gasteiger partial charge in [0.05, 0.1) is 0 Å². The Kier molecular flexibility index (Phi) is 3.20. The van der Waals surface area contributed by atoms with E-state index in [4.69, 9.17) is 0 Å². The Morgan fingerprint density at radius 1 is 1.50 bits per heavy atom. The van der Waals surface area contributed by atoms with Crippen LogP contribution in [0.15, 0.2) is 0 Å². The van der Waals surface area contributed by atoms with E-state index >= 15 is 0 Å². The van der Waals surface area contributed by atoms with Crippen molar-refractivity contribution in [3.63, 3.8) is 0 Å². The summed E-state index contributed by atoms with van der Waals surface area (Å²) >= 11 is 0. The predicted octanol–water partition coefficient (Wildman–Crippen LogP) is 2.17. The highest BCUT2D eigenvalue weighted by Crippen LogP contribution is 2.16. The van der Waals surface area contributed by atoms with Gasteiger partial charge in [0, 0.05) is 6.04 Å². The summed E-state index contributed by atoms with van der Waals surface area (Å²) in [6, 6.07) is 0.818. The van der Waals surface area contributed by atoms with Gasteiger partial charge in [-0.2, -0.15) is 0 Å². The van der Waals surface area contributed by atoms with Crippen molar-refractivity contribution in [2.45, 2.75) is 45.6 Å². The van der Waals surface area contributed by atoms with E-state index in [1.165, 1.54) is 32.2 Å². The van der Waals surface area contributed by atoms with E-state index in [0.29, 0.717) is 0 Å². The molecule has 60 valence electrons. The Hall–Kier alpha value is -0.0400. The van der Waals surface area contributed by atoms with Gasteiger partial charge in [-0.05, 0) is 25.3 Å². The Labute approximate surface area is 64.2 Å². The van der Waals surface area contributed by atoms with Crippen LogP contribution in [-0.4, -0.2) is 12.6 Å². The molecule has 0 bridgehead atoms. The Morgan fingerprint density at radius 3 is 2.80 bits per heavy atom. The van der Waals surface area contributed by atoms with Gasteiger partial charge in [-0.25, -0.2) is 0 Å². The third-order valence-corrected chi connectivity index (χ3v) is 2.68. The van der Waals surface area contributed by atoms with Crippen LogP contribution in [0.5, 0.6) is 0 Å². The van der Waals surface area contributed by atoms with Crippen LogP contribution in [0.25, 0.3) is 0 Å². The lowest BCUT2D eigenvalue weighted by Crippen LogP contribution is -2.38. The van der Waals surface area contributed by atoms with Gasteiger partial charge >= 0.3 is 0 Å². The Balaban J connectivity index is 2.24. The van der Waals surface area contributed by atoms with E-state index in [2.05, 4.69) is 19.2 Å². The number of hydrogen-bond acceptors (Lipinski definition) is 1. The molecule has 0 aliphatic carbocycles. The minimum absolute atomic E-state index is 0.818. The molecule has 1 saturated heterocycles. The van der Waals surface area contributed by atoms with Crippen LogP contribution in [0.1, 0.15) is 39.5 Å². The zero-order valence-electron chi connectivity index (χ0n) is 7.19. The van der Waals surface area contributed by atoms with Gasteiger partial charge in [0.15, 0.2) is 0 Å². The molecule has 2 atom stereocenters. The lowest BCUT2D eigenvalue weighted by molar-refractivity contribution is 0.304. The molecule has 0 amide bonds. The summed E-state index contributed by atoms with van der Waals surface area (Å²) in [5.74, 6) is 0.875. The maximum atomic E-state index is 3.57. The molecule has 0 aromatic carbocycles. The van der Waals surface area contributed by atoms with Crippen LogP contribution in [0.4, 0.5) is 0 Å². The third kappa shape index (κ3) is 1.98. The van der Waals surface area contributed by atoms with E-state index in [-0.39, 0.29) is 0 Å². The maximum Gasteiger partial charge on any atom is 0.00925 e. The van der Waals surface area contributed by atoms with Crippen LogP contribution < -0.4 is 5.32 Å². The lowest BCUT2D eigenvalue weighted by atomic mass is 9.92. The molecule has 1 heteroatoms. The molecule has 1 rings (SSSR count). The molecule has 0 saturated carbocycles. The van der Waals surface area contributed by atoms with Crippen molar-refractivity contribution in [1.82, 2.24) is 5.32 Å². The summed E-state index contributed by atoms with van der Waals surface area (Å²) in [6.45, 7) is 5.87. The molecule has 0 aromatic rings. The molecular weight excluding hydrogens is 122 g/mol. The topological polar surface area (TPSA) is 12.0 Å². The molecule has 10 heavy (non-hydrogen) atoms. The second-order valence-electron chi connectivity index (χ2n) is 3.44. The van der Waals surface area contributed by atoms with Crippen LogP contribution in [0.2, 0.25) is 0 Å². The van der Waals surface area contributed by atoms with Gasteiger partial charge in [-0.3, -0.25) is 0 Å². The Morgan fingerprint density at radius 2 is 2.30 bits per heavy atom. The Bertz CT molecular complexity index is 84.7. The van der Waals surface area contributed by atoms with Crippen molar-refractivity contribution in [2.24, 2.45) is 5.92 Å². The van der Waals surface area contributed by atoms with Crippen molar-refractivity contribution in [3.05, 3.63) is 0 Å². The highest BCUT2D eigenvalue weighted by atomic mass is 14.9. The lowest BCUT2D eigenvalue weighted by Gasteiger charge is -2.28. The summed E-state index contributed by atoms with van der Waals surface area (Å²) in [5.41, 5.74) is 0. The molecule has 0 spiro atoms. The van der Waals surface area contributed by atoms with Crippen LogP contribution in [-0.2, 0) is 0 Å². The molecule has 0 aromatic heterocycles. The molecule has 1 N–H and O–H groups in total. The number of piperidine rings is 1. The SMILES string of the molecule is CCC(C)[C@H]1CCCCN1. The van der Waals surface area contributed by atoms with Crippen molar-refractivity contribution < 1.29 is 0 Å². The standard InChI is InChI=1S/C9H19N/c1-3-8(2)9-6-4-5-7-10-9/h8-10H,3-7H2,1-2H3/t8?,9-/m1/s1. The quantitative estimate of drug-likeness (QED) is 0.621. The third-order valence-electron chi connectivity index (χ3n) is 2.68. The van der Waals surface area contributed by atoms with Crippen LogP contribution >= 0.6 is 0 Å². The monoisotopic (exact) mass is 141 g/mol. The second-order valence-corrected chi connectivity index (χ2v) is 3.44.